The molecular formula is C28H36N4O6S2. The third-order valence-corrected chi connectivity index (χ3v) is 9.35. The van der Waals surface area contributed by atoms with Crippen molar-refractivity contribution in [2.24, 2.45) is 5.92 Å². The van der Waals surface area contributed by atoms with Crippen LogP contribution in [-0.4, -0.2) is 75.6 Å². The highest BCUT2D eigenvalue weighted by Gasteiger charge is 2.33. The van der Waals surface area contributed by atoms with Gasteiger partial charge in [-0.2, -0.15) is 0 Å². The molecule has 5 N–H and O–H groups in total. The molecule has 3 amide bonds. The topological polar surface area (TPSA) is 150 Å². The molecule has 1 aromatic heterocycles. The number of amides is 3. The number of para-hydroxylation sites is 1. The molecule has 2 aliphatic heterocycles. The average Bonchev–Trinajstić information content (AvgIpc) is 3.31. The maximum Gasteiger partial charge on any atom is 0.309 e. The summed E-state index contributed by atoms with van der Waals surface area (Å²) >= 11 is 0. The van der Waals surface area contributed by atoms with Gasteiger partial charge in [0.1, 0.15) is 18.2 Å². The summed E-state index contributed by atoms with van der Waals surface area (Å²) < 4.78 is 5.59. The van der Waals surface area contributed by atoms with E-state index in [0.29, 0.717) is 6.42 Å². The van der Waals surface area contributed by atoms with Gasteiger partial charge in [0.2, 0.25) is 17.7 Å². The number of aliphatic hydroxyl groups excluding tert-OH is 1. The lowest BCUT2D eigenvalue weighted by Crippen LogP contribution is -2.58. The number of aliphatic hydroxyl groups is 1. The second-order valence-corrected chi connectivity index (χ2v) is 13.0. The molecule has 2 bridgehead atoms. The Morgan fingerprint density at radius 3 is 2.62 bits per heavy atom. The normalized spacial score (nSPS) is 27.6. The van der Waals surface area contributed by atoms with Crippen LogP contribution in [0.3, 0.4) is 0 Å². The molecule has 0 aliphatic carbocycles. The number of carbonyl (C=O) groups is 4. The van der Waals surface area contributed by atoms with Gasteiger partial charge in [-0.1, -0.05) is 59.7 Å². The van der Waals surface area contributed by atoms with Crippen LogP contribution in [0.15, 0.2) is 42.6 Å². The number of H-pyrrole nitrogens is 1. The van der Waals surface area contributed by atoms with Gasteiger partial charge >= 0.3 is 5.97 Å². The highest BCUT2D eigenvalue weighted by atomic mass is 33.1. The number of rotatable bonds is 3. The third-order valence-electron chi connectivity index (χ3n) is 6.91. The van der Waals surface area contributed by atoms with Crippen molar-refractivity contribution in [1.82, 2.24) is 20.9 Å². The minimum atomic E-state index is -1.21. The molecule has 12 heteroatoms. The first-order valence-corrected chi connectivity index (χ1v) is 15.9. The van der Waals surface area contributed by atoms with E-state index in [1.165, 1.54) is 10.8 Å². The maximum atomic E-state index is 13.7. The Morgan fingerprint density at radius 1 is 1.02 bits per heavy atom. The first-order valence-electron chi connectivity index (χ1n) is 13.4. The number of carbonyl (C=O) groups excluding carboxylic acids is 4. The number of esters is 1. The first-order chi connectivity index (χ1) is 19.2. The molecule has 4 rings (SSSR count). The Hall–Kier alpha value is -2.96. The lowest BCUT2D eigenvalue weighted by molar-refractivity contribution is -0.151. The van der Waals surface area contributed by atoms with Crippen molar-refractivity contribution in [2.45, 2.75) is 69.9 Å². The lowest BCUT2D eigenvalue weighted by atomic mass is 9.96. The highest BCUT2D eigenvalue weighted by molar-refractivity contribution is 8.76. The van der Waals surface area contributed by atoms with E-state index in [2.05, 4.69) is 20.9 Å². The van der Waals surface area contributed by atoms with E-state index in [1.54, 1.807) is 23.1 Å². The largest absolute Gasteiger partial charge is 0.457 e. The molecule has 2 aliphatic rings. The van der Waals surface area contributed by atoms with E-state index in [4.69, 9.17) is 4.74 Å². The highest BCUT2D eigenvalue weighted by Crippen LogP contribution is 2.25. The number of aromatic amines is 1. The van der Waals surface area contributed by atoms with Gasteiger partial charge in [-0.25, -0.2) is 0 Å². The zero-order valence-electron chi connectivity index (χ0n) is 22.6. The number of fused-ring (bicyclic) bond motifs is 8. The van der Waals surface area contributed by atoms with Crippen molar-refractivity contribution in [1.29, 1.82) is 0 Å². The maximum absolute atomic E-state index is 13.7. The fourth-order valence-corrected chi connectivity index (χ4v) is 6.95. The van der Waals surface area contributed by atoms with Crippen LogP contribution in [0.5, 0.6) is 0 Å². The van der Waals surface area contributed by atoms with E-state index < -0.39 is 54.0 Å². The molecule has 10 nitrogen and oxygen atoms in total. The fraction of sp³-hybridized carbons (Fsp3) is 0.500. The Labute approximate surface area is 241 Å². The molecule has 0 unspecified atom stereocenters. The number of hydrogen-bond donors (Lipinski definition) is 5. The van der Waals surface area contributed by atoms with E-state index in [0.717, 1.165) is 22.2 Å². The molecule has 216 valence electrons. The van der Waals surface area contributed by atoms with Gasteiger partial charge in [0.15, 0.2) is 0 Å². The predicted octanol–water partition coefficient (Wildman–Crippen LogP) is 2.23. The van der Waals surface area contributed by atoms with Crippen molar-refractivity contribution in [3.8, 4) is 0 Å². The Balaban J connectivity index is 1.70. The minimum Gasteiger partial charge on any atom is -0.457 e. The van der Waals surface area contributed by atoms with Crippen LogP contribution >= 0.6 is 21.6 Å². The second kappa shape index (κ2) is 14.1. The Kier molecular flexibility index (Phi) is 10.6. The molecule has 5 atom stereocenters. The molecule has 0 saturated carbocycles. The van der Waals surface area contributed by atoms with E-state index >= 15 is 0 Å². The molecule has 40 heavy (non-hydrogen) atoms. The molecule has 1 saturated heterocycles. The smallest absolute Gasteiger partial charge is 0.309 e. The summed E-state index contributed by atoms with van der Waals surface area (Å²) in [6.45, 7) is 3.66. The summed E-state index contributed by atoms with van der Waals surface area (Å²) in [4.78, 5) is 56.3. The molecule has 0 radical (unpaired) electrons. The van der Waals surface area contributed by atoms with Gasteiger partial charge in [-0.05, 0) is 30.0 Å². The fourth-order valence-electron chi connectivity index (χ4n) is 4.80. The van der Waals surface area contributed by atoms with Crippen molar-refractivity contribution in [2.75, 3.05) is 11.5 Å². The van der Waals surface area contributed by atoms with E-state index in [-0.39, 0.29) is 30.9 Å². The third kappa shape index (κ3) is 8.05. The minimum absolute atomic E-state index is 0.186. The summed E-state index contributed by atoms with van der Waals surface area (Å²) in [6, 6.07) is 5.01. The molecule has 3 heterocycles. The van der Waals surface area contributed by atoms with Crippen molar-refractivity contribution < 1.29 is 29.0 Å². The zero-order valence-corrected chi connectivity index (χ0v) is 24.2. The van der Waals surface area contributed by atoms with Crippen molar-refractivity contribution in [3.05, 3.63) is 48.2 Å². The summed E-state index contributed by atoms with van der Waals surface area (Å²) in [5.41, 5.74) is 1.74. The molecule has 1 aromatic carbocycles. The lowest BCUT2D eigenvalue weighted by Gasteiger charge is -2.29. The van der Waals surface area contributed by atoms with Crippen LogP contribution in [0.25, 0.3) is 10.9 Å². The second-order valence-electron chi connectivity index (χ2n) is 10.4. The molecular weight excluding hydrogens is 552 g/mol. The summed E-state index contributed by atoms with van der Waals surface area (Å²) in [5.74, 6) is -1.31. The van der Waals surface area contributed by atoms with Crippen LogP contribution in [-0.2, 0) is 30.3 Å². The monoisotopic (exact) mass is 588 g/mol. The van der Waals surface area contributed by atoms with Gasteiger partial charge in [-0.15, -0.1) is 0 Å². The number of ether oxygens (including phenoxy) is 1. The van der Waals surface area contributed by atoms with Crippen LogP contribution in [0.4, 0.5) is 0 Å². The summed E-state index contributed by atoms with van der Waals surface area (Å²) in [5, 5.41) is 20.3. The first kappa shape index (κ1) is 30.0. The van der Waals surface area contributed by atoms with Crippen LogP contribution in [0, 0.1) is 5.92 Å². The van der Waals surface area contributed by atoms with Crippen molar-refractivity contribution in [3.63, 3.8) is 0 Å². The molecule has 1 fully saturated rings. The number of allylic oxidation sites excluding steroid dienone is 1. The van der Waals surface area contributed by atoms with E-state index in [9.17, 15) is 24.3 Å². The van der Waals surface area contributed by atoms with Gasteiger partial charge in [0, 0.05) is 35.0 Å². The van der Waals surface area contributed by atoms with Crippen LogP contribution < -0.4 is 16.0 Å². The Morgan fingerprint density at radius 2 is 1.82 bits per heavy atom. The summed E-state index contributed by atoms with van der Waals surface area (Å²) in [6.07, 6.45) is 3.58. The van der Waals surface area contributed by atoms with Crippen molar-refractivity contribution >= 4 is 56.2 Å². The van der Waals surface area contributed by atoms with Gasteiger partial charge in [0.05, 0.1) is 25.0 Å². The SMILES string of the molecule is CC(C)[C@H]1NC(=O)[C@H]2CSSCCC=C[C@H](CC(=O)N[C@H](Cc3c[nH]c4ccccc34)C(=O)N2)OC(=O)C[C@@H]1O. The van der Waals surface area contributed by atoms with Gasteiger partial charge in [0.25, 0.3) is 0 Å². The Bertz CT molecular complexity index is 1250. The standard InChI is InChI=1S/C28H36N4O6S2/c1-16(2)26-23(33)13-25(35)38-18-7-5-6-10-39-40-15-22(28(37)32-26)31-27(36)21(30-24(34)12-18)11-17-14-29-20-9-4-3-8-19(17)20/h3-5,7-9,14,16,18,21-23,26,29,33H,6,10-13,15H2,1-2H3,(H,30,34)(H,31,36)(H,32,37)/t18-,21-,22-,23+,26-/m1/s1. The number of aromatic nitrogens is 1. The van der Waals surface area contributed by atoms with Gasteiger partial charge in [-0.3, -0.25) is 19.2 Å². The summed E-state index contributed by atoms with van der Waals surface area (Å²) in [7, 11) is 3.02. The van der Waals surface area contributed by atoms with E-state index in [1.807, 2.05) is 44.2 Å². The molecule has 0 spiro atoms. The van der Waals surface area contributed by atoms with Gasteiger partial charge < -0.3 is 30.8 Å². The van der Waals surface area contributed by atoms with Crippen LogP contribution in [0.2, 0.25) is 0 Å². The average molecular weight is 589 g/mol. The quantitative estimate of drug-likeness (QED) is 0.208. The van der Waals surface area contributed by atoms with Crippen LogP contribution in [0.1, 0.15) is 38.7 Å². The molecule has 2 aromatic rings. The predicted molar refractivity (Wildman–Crippen MR) is 156 cm³/mol. The number of benzene rings is 1. The number of hydrogen-bond acceptors (Lipinski definition) is 8. The zero-order chi connectivity index (χ0) is 28.6. The number of nitrogens with one attached hydrogen (secondary N) is 4.